The minimum atomic E-state index is -0.0195. The number of methoxy groups -OCH3 is 1. The van der Waals surface area contributed by atoms with Gasteiger partial charge in [0.2, 0.25) is 0 Å². The molecule has 1 saturated heterocycles. The van der Waals surface area contributed by atoms with Crippen LogP contribution < -0.4 is 0 Å². The Kier molecular flexibility index (Phi) is 4.49. The van der Waals surface area contributed by atoms with Crippen LogP contribution in [0.2, 0.25) is 10.0 Å². The molecular formula is C13H15Cl2NO2. The van der Waals surface area contributed by atoms with Crippen LogP contribution in [0.15, 0.2) is 18.2 Å². The molecule has 1 aliphatic rings. The minimum absolute atomic E-state index is 0.0195. The Labute approximate surface area is 117 Å². The highest BCUT2D eigenvalue weighted by atomic mass is 35.5. The molecule has 3 nitrogen and oxygen atoms in total. The van der Waals surface area contributed by atoms with Crippen LogP contribution in [0.25, 0.3) is 0 Å². The number of nitrogens with zero attached hydrogens (tertiary/aromatic N) is 1. The van der Waals surface area contributed by atoms with E-state index < -0.39 is 0 Å². The van der Waals surface area contributed by atoms with Crippen molar-refractivity contribution in [3.63, 3.8) is 0 Å². The van der Waals surface area contributed by atoms with Crippen molar-refractivity contribution in [2.24, 2.45) is 0 Å². The van der Waals surface area contributed by atoms with Gasteiger partial charge in [0.05, 0.1) is 6.10 Å². The van der Waals surface area contributed by atoms with Crippen molar-refractivity contribution in [3.8, 4) is 0 Å². The third-order valence-electron chi connectivity index (χ3n) is 3.17. The van der Waals surface area contributed by atoms with E-state index >= 15 is 0 Å². The first-order valence-electron chi connectivity index (χ1n) is 5.88. The van der Waals surface area contributed by atoms with Gasteiger partial charge < -0.3 is 9.64 Å². The van der Waals surface area contributed by atoms with Crippen molar-refractivity contribution in [3.05, 3.63) is 33.8 Å². The van der Waals surface area contributed by atoms with E-state index in [9.17, 15) is 4.79 Å². The number of halogens is 2. The maximum absolute atomic E-state index is 12.3. The summed E-state index contributed by atoms with van der Waals surface area (Å²) in [6, 6.07) is 4.92. The molecule has 18 heavy (non-hydrogen) atoms. The van der Waals surface area contributed by atoms with E-state index in [1.54, 1.807) is 25.3 Å². The number of rotatable bonds is 2. The van der Waals surface area contributed by atoms with E-state index in [2.05, 4.69) is 0 Å². The number of hydrogen-bond donors (Lipinski definition) is 0. The number of hydrogen-bond acceptors (Lipinski definition) is 2. The number of carbonyl (C=O) groups is 1. The monoisotopic (exact) mass is 287 g/mol. The van der Waals surface area contributed by atoms with Crippen molar-refractivity contribution in [1.82, 2.24) is 4.90 Å². The molecule has 1 aliphatic heterocycles. The molecule has 0 bridgehead atoms. The van der Waals surface area contributed by atoms with Crippen LogP contribution >= 0.6 is 23.2 Å². The molecule has 1 amide bonds. The Bertz CT molecular complexity index is 422. The molecule has 1 fully saturated rings. The largest absolute Gasteiger partial charge is 0.381 e. The number of amides is 1. The molecule has 0 unspecified atom stereocenters. The van der Waals surface area contributed by atoms with Crippen molar-refractivity contribution < 1.29 is 9.53 Å². The van der Waals surface area contributed by atoms with Gasteiger partial charge in [-0.2, -0.15) is 0 Å². The first-order chi connectivity index (χ1) is 8.60. The Morgan fingerprint density at radius 3 is 2.28 bits per heavy atom. The summed E-state index contributed by atoms with van der Waals surface area (Å²) in [5.74, 6) is -0.0195. The average molecular weight is 288 g/mol. The number of piperidine rings is 1. The van der Waals surface area contributed by atoms with Crippen LogP contribution in [0.5, 0.6) is 0 Å². The van der Waals surface area contributed by atoms with Gasteiger partial charge in [-0.1, -0.05) is 23.2 Å². The zero-order valence-corrected chi connectivity index (χ0v) is 11.7. The number of likely N-dealkylation sites (tertiary alicyclic amines) is 1. The Balaban J connectivity index is 2.07. The standard InChI is InChI=1S/C13H15Cl2NO2/c1-18-12-2-4-16(5-3-12)13(17)9-6-10(14)8-11(15)7-9/h6-8,12H,2-5H2,1H3. The molecule has 5 heteroatoms. The first-order valence-corrected chi connectivity index (χ1v) is 6.64. The van der Waals surface area contributed by atoms with Crippen molar-refractivity contribution >= 4 is 29.1 Å². The summed E-state index contributed by atoms with van der Waals surface area (Å²) in [7, 11) is 1.71. The zero-order valence-electron chi connectivity index (χ0n) is 10.2. The smallest absolute Gasteiger partial charge is 0.253 e. The van der Waals surface area contributed by atoms with Crippen LogP contribution in [-0.2, 0) is 4.74 Å². The summed E-state index contributed by atoms with van der Waals surface area (Å²) in [6.45, 7) is 1.42. The number of benzene rings is 1. The second kappa shape index (κ2) is 5.91. The van der Waals surface area contributed by atoms with E-state index in [0.29, 0.717) is 28.7 Å². The van der Waals surface area contributed by atoms with Crippen molar-refractivity contribution in [1.29, 1.82) is 0 Å². The summed E-state index contributed by atoms with van der Waals surface area (Å²) >= 11 is 11.8. The van der Waals surface area contributed by atoms with Crippen LogP contribution in [0, 0.1) is 0 Å². The summed E-state index contributed by atoms with van der Waals surface area (Å²) in [6.07, 6.45) is 2.00. The van der Waals surface area contributed by atoms with Gasteiger partial charge in [-0.25, -0.2) is 0 Å². The van der Waals surface area contributed by atoms with Gasteiger partial charge in [-0.3, -0.25) is 4.79 Å². The predicted octanol–water partition coefficient (Wildman–Crippen LogP) is 3.24. The summed E-state index contributed by atoms with van der Waals surface area (Å²) in [5.41, 5.74) is 0.545. The second-order valence-corrected chi connectivity index (χ2v) is 5.26. The topological polar surface area (TPSA) is 29.5 Å². The lowest BCUT2D eigenvalue weighted by Gasteiger charge is -2.31. The van der Waals surface area contributed by atoms with E-state index in [-0.39, 0.29) is 12.0 Å². The van der Waals surface area contributed by atoms with E-state index in [1.807, 2.05) is 4.90 Å². The van der Waals surface area contributed by atoms with E-state index in [1.165, 1.54) is 0 Å². The molecule has 1 aromatic carbocycles. The molecule has 0 N–H and O–H groups in total. The molecule has 0 spiro atoms. The fraction of sp³-hybridized carbons (Fsp3) is 0.462. The highest BCUT2D eigenvalue weighted by Gasteiger charge is 2.23. The number of ether oxygens (including phenoxy) is 1. The van der Waals surface area contributed by atoms with Crippen molar-refractivity contribution in [2.45, 2.75) is 18.9 Å². The minimum Gasteiger partial charge on any atom is -0.381 e. The molecule has 98 valence electrons. The van der Waals surface area contributed by atoms with Gasteiger partial charge in [0.1, 0.15) is 0 Å². The fourth-order valence-corrected chi connectivity index (χ4v) is 2.68. The summed E-state index contributed by atoms with van der Waals surface area (Å²) in [5, 5.41) is 0.968. The van der Waals surface area contributed by atoms with Gasteiger partial charge in [0.15, 0.2) is 0 Å². The molecule has 0 saturated carbocycles. The summed E-state index contributed by atoms with van der Waals surface area (Å²) < 4.78 is 5.28. The van der Waals surface area contributed by atoms with Gasteiger partial charge in [-0.15, -0.1) is 0 Å². The maximum atomic E-state index is 12.3. The molecule has 0 atom stereocenters. The summed E-state index contributed by atoms with van der Waals surface area (Å²) in [4.78, 5) is 14.1. The number of carbonyl (C=O) groups excluding carboxylic acids is 1. The lowest BCUT2D eigenvalue weighted by molar-refractivity contribution is 0.0351. The van der Waals surface area contributed by atoms with Gasteiger partial charge >= 0.3 is 0 Å². The Hall–Kier alpha value is -0.770. The zero-order chi connectivity index (χ0) is 13.1. The molecule has 0 aliphatic carbocycles. The Morgan fingerprint density at radius 1 is 1.22 bits per heavy atom. The predicted molar refractivity (Wildman–Crippen MR) is 72.4 cm³/mol. The quantitative estimate of drug-likeness (QED) is 0.836. The molecule has 0 radical (unpaired) electrons. The normalized spacial score (nSPS) is 16.9. The first kappa shape index (κ1) is 13.7. The highest BCUT2D eigenvalue weighted by Crippen LogP contribution is 2.22. The SMILES string of the molecule is COC1CCN(C(=O)c2cc(Cl)cc(Cl)c2)CC1. The molecular weight excluding hydrogens is 273 g/mol. The maximum Gasteiger partial charge on any atom is 0.253 e. The average Bonchev–Trinajstić information content (AvgIpc) is 2.37. The van der Waals surface area contributed by atoms with Gasteiger partial charge in [0.25, 0.3) is 5.91 Å². The third kappa shape index (κ3) is 3.16. The van der Waals surface area contributed by atoms with Crippen LogP contribution in [-0.4, -0.2) is 37.1 Å². The Morgan fingerprint density at radius 2 is 1.78 bits per heavy atom. The third-order valence-corrected chi connectivity index (χ3v) is 3.61. The van der Waals surface area contributed by atoms with E-state index in [0.717, 1.165) is 12.8 Å². The highest BCUT2D eigenvalue weighted by molar-refractivity contribution is 6.35. The molecule has 1 heterocycles. The van der Waals surface area contributed by atoms with Gasteiger partial charge in [-0.05, 0) is 31.0 Å². The second-order valence-electron chi connectivity index (χ2n) is 4.39. The van der Waals surface area contributed by atoms with E-state index in [4.69, 9.17) is 27.9 Å². The molecule has 2 rings (SSSR count). The lowest BCUT2D eigenvalue weighted by Crippen LogP contribution is -2.40. The lowest BCUT2D eigenvalue weighted by atomic mass is 10.1. The molecule has 0 aromatic heterocycles. The van der Waals surface area contributed by atoms with Crippen molar-refractivity contribution in [2.75, 3.05) is 20.2 Å². The van der Waals surface area contributed by atoms with Gasteiger partial charge in [0, 0.05) is 35.8 Å². The fourth-order valence-electron chi connectivity index (χ4n) is 2.15. The van der Waals surface area contributed by atoms with Crippen LogP contribution in [0.4, 0.5) is 0 Å². The van der Waals surface area contributed by atoms with Crippen LogP contribution in [0.3, 0.4) is 0 Å². The van der Waals surface area contributed by atoms with Crippen LogP contribution in [0.1, 0.15) is 23.2 Å². The molecule has 1 aromatic rings.